The molecule has 2 aromatic heterocycles. The molecule has 2 heterocycles. The van der Waals surface area contributed by atoms with Crippen LogP contribution >= 0.6 is 0 Å². The summed E-state index contributed by atoms with van der Waals surface area (Å²) in [4.78, 5) is 10.8. The minimum Gasteiger partial charge on any atom is -0.456 e. The molecule has 1 aliphatic carbocycles. The first kappa shape index (κ1) is 34.2. The molecule has 0 unspecified atom stereocenters. The summed E-state index contributed by atoms with van der Waals surface area (Å²) in [6, 6.07) is 78.1. The number of aromatic nitrogens is 2. The molecule has 0 atom stereocenters. The Hall–Kier alpha value is -7.88. The first-order chi connectivity index (χ1) is 29.7. The van der Waals surface area contributed by atoms with E-state index in [0.717, 1.165) is 66.5 Å². The minimum atomic E-state index is -0.511. The van der Waals surface area contributed by atoms with E-state index in [0.29, 0.717) is 5.82 Å². The van der Waals surface area contributed by atoms with E-state index in [1.165, 1.54) is 38.8 Å². The van der Waals surface area contributed by atoms with Crippen LogP contribution in [0.15, 0.2) is 223 Å². The molecular weight excluding hydrogens is 729 g/mol. The number of para-hydroxylation sites is 1. The first-order valence-electron chi connectivity index (χ1n) is 20.5. The largest absolute Gasteiger partial charge is 0.456 e. The SMILES string of the molecule is c1ccc(C2(c3ccccc3)c3ccccc3-c3c(-c4cc(-c5ccc(-c6ccc7oc8ccccc8c7c6)cc5)nc(-c5ccc6ccccc6c5)n4)cccc32)cc1. The Morgan fingerprint density at radius 3 is 1.77 bits per heavy atom. The van der Waals surface area contributed by atoms with Crippen LogP contribution in [0.25, 0.3) is 88.9 Å². The summed E-state index contributed by atoms with van der Waals surface area (Å²) in [7, 11) is 0. The van der Waals surface area contributed by atoms with Gasteiger partial charge in [-0.2, -0.15) is 0 Å². The Morgan fingerprint density at radius 2 is 0.950 bits per heavy atom. The molecule has 0 bridgehead atoms. The van der Waals surface area contributed by atoms with Gasteiger partial charge in [-0.05, 0) is 85.6 Å². The Bertz CT molecular complexity index is 3380. The van der Waals surface area contributed by atoms with E-state index in [2.05, 4.69) is 206 Å². The zero-order valence-electron chi connectivity index (χ0n) is 32.6. The molecule has 0 fully saturated rings. The topological polar surface area (TPSA) is 38.9 Å². The number of rotatable bonds is 6. The van der Waals surface area contributed by atoms with Crippen molar-refractivity contribution in [3.63, 3.8) is 0 Å². The molecule has 0 saturated carbocycles. The fourth-order valence-electron chi connectivity index (χ4n) is 9.64. The molecule has 0 spiro atoms. The third kappa shape index (κ3) is 5.30. The zero-order valence-corrected chi connectivity index (χ0v) is 32.6. The van der Waals surface area contributed by atoms with Gasteiger partial charge in [0.15, 0.2) is 5.82 Å². The van der Waals surface area contributed by atoms with E-state index >= 15 is 0 Å². The second-order valence-electron chi connectivity index (χ2n) is 15.7. The summed E-state index contributed by atoms with van der Waals surface area (Å²) in [6.45, 7) is 0. The fourth-order valence-corrected chi connectivity index (χ4v) is 9.64. The van der Waals surface area contributed by atoms with Gasteiger partial charge < -0.3 is 4.42 Å². The molecule has 3 heteroatoms. The molecule has 60 heavy (non-hydrogen) atoms. The van der Waals surface area contributed by atoms with Gasteiger partial charge >= 0.3 is 0 Å². The van der Waals surface area contributed by atoms with Gasteiger partial charge in [0.05, 0.1) is 16.8 Å². The fraction of sp³-hybridized carbons (Fsp3) is 0.0175. The van der Waals surface area contributed by atoms with Crippen molar-refractivity contribution in [2.75, 3.05) is 0 Å². The van der Waals surface area contributed by atoms with Crippen molar-refractivity contribution in [1.82, 2.24) is 9.97 Å². The van der Waals surface area contributed by atoms with E-state index in [1.54, 1.807) is 0 Å². The summed E-state index contributed by atoms with van der Waals surface area (Å²) in [5.74, 6) is 0.691. The summed E-state index contributed by atoms with van der Waals surface area (Å²) in [5, 5.41) is 4.58. The van der Waals surface area contributed by atoms with Gasteiger partial charge in [0, 0.05) is 27.5 Å². The maximum absolute atomic E-state index is 6.13. The maximum atomic E-state index is 6.13. The van der Waals surface area contributed by atoms with Crippen molar-refractivity contribution in [3.8, 4) is 56.2 Å². The lowest BCUT2D eigenvalue weighted by atomic mass is 9.67. The van der Waals surface area contributed by atoms with E-state index in [1.807, 2.05) is 12.1 Å². The Morgan fingerprint density at radius 1 is 0.350 bits per heavy atom. The molecule has 11 aromatic rings. The normalized spacial score (nSPS) is 12.8. The average molecular weight is 765 g/mol. The van der Waals surface area contributed by atoms with Gasteiger partial charge in [0.1, 0.15) is 11.2 Å². The molecular formula is C57H36N2O. The molecule has 280 valence electrons. The van der Waals surface area contributed by atoms with Gasteiger partial charge in [0.25, 0.3) is 0 Å². The second kappa shape index (κ2) is 13.6. The molecule has 1 aliphatic rings. The monoisotopic (exact) mass is 764 g/mol. The van der Waals surface area contributed by atoms with Gasteiger partial charge in [-0.3, -0.25) is 0 Å². The molecule has 12 rings (SSSR count). The Balaban J connectivity index is 1.05. The van der Waals surface area contributed by atoms with Crippen LogP contribution in [-0.4, -0.2) is 9.97 Å². The minimum absolute atomic E-state index is 0.511. The summed E-state index contributed by atoms with van der Waals surface area (Å²) >= 11 is 0. The lowest BCUT2D eigenvalue weighted by molar-refractivity contribution is 0.669. The van der Waals surface area contributed by atoms with Crippen molar-refractivity contribution in [1.29, 1.82) is 0 Å². The van der Waals surface area contributed by atoms with Crippen LogP contribution in [-0.2, 0) is 5.41 Å². The number of furan rings is 1. The Kier molecular flexibility index (Phi) is 7.76. The maximum Gasteiger partial charge on any atom is 0.160 e. The van der Waals surface area contributed by atoms with Crippen molar-refractivity contribution >= 4 is 32.7 Å². The number of fused-ring (bicyclic) bond motifs is 7. The summed E-state index contributed by atoms with van der Waals surface area (Å²) in [5.41, 5.74) is 15.8. The Labute approximate surface area is 347 Å². The number of nitrogens with zero attached hydrogens (tertiary/aromatic N) is 2. The highest BCUT2D eigenvalue weighted by Crippen LogP contribution is 2.58. The van der Waals surface area contributed by atoms with Crippen LogP contribution in [0, 0.1) is 0 Å². The van der Waals surface area contributed by atoms with Gasteiger partial charge in [0.2, 0.25) is 0 Å². The number of benzene rings is 9. The van der Waals surface area contributed by atoms with Crippen LogP contribution in [0.1, 0.15) is 22.3 Å². The predicted octanol–water partition coefficient (Wildman–Crippen LogP) is 14.6. The quantitative estimate of drug-likeness (QED) is 0.169. The average Bonchev–Trinajstić information content (AvgIpc) is 3.85. The standard InChI is InChI=1S/C57H36N2O/c1-3-16-43(17-4-1)57(44-18-5-2-6-19-44)49-23-11-9-21-46(49)55-47(22-13-24-50(55)57)52-36-51(58-56(59-52)42-31-28-37-14-7-8-15-40(37)34-42)39-29-26-38(27-30-39)41-32-33-54-48(35-41)45-20-10-12-25-53(45)60-54/h1-36H. The lowest BCUT2D eigenvalue weighted by Crippen LogP contribution is -2.28. The van der Waals surface area contributed by atoms with Crippen LogP contribution < -0.4 is 0 Å². The van der Waals surface area contributed by atoms with Crippen LogP contribution in [0.2, 0.25) is 0 Å². The highest BCUT2D eigenvalue weighted by Gasteiger charge is 2.46. The van der Waals surface area contributed by atoms with Crippen molar-refractivity contribution in [2.45, 2.75) is 5.41 Å². The van der Waals surface area contributed by atoms with Crippen LogP contribution in [0.4, 0.5) is 0 Å². The number of hydrogen-bond acceptors (Lipinski definition) is 3. The third-order valence-electron chi connectivity index (χ3n) is 12.4. The zero-order chi connectivity index (χ0) is 39.6. The third-order valence-corrected chi connectivity index (χ3v) is 12.4. The molecule has 0 saturated heterocycles. The summed E-state index contributed by atoms with van der Waals surface area (Å²) in [6.07, 6.45) is 0. The van der Waals surface area contributed by atoms with E-state index < -0.39 is 5.41 Å². The molecule has 0 amide bonds. The molecule has 0 radical (unpaired) electrons. The van der Waals surface area contributed by atoms with Gasteiger partial charge in [-0.1, -0.05) is 188 Å². The summed E-state index contributed by atoms with van der Waals surface area (Å²) < 4.78 is 6.13. The highest BCUT2D eigenvalue weighted by molar-refractivity contribution is 6.06. The van der Waals surface area contributed by atoms with Crippen molar-refractivity contribution in [2.24, 2.45) is 0 Å². The molecule has 3 nitrogen and oxygen atoms in total. The van der Waals surface area contributed by atoms with Gasteiger partial charge in [-0.15, -0.1) is 0 Å². The van der Waals surface area contributed by atoms with Crippen LogP contribution in [0.3, 0.4) is 0 Å². The lowest BCUT2D eigenvalue weighted by Gasteiger charge is -2.33. The first-order valence-corrected chi connectivity index (χ1v) is 20.5. The van der Waals surface area contributed by atoms with Crippen LogP contribution in [0.5, 0.6) is 0 Å². The second-order valence-corrected chi connectivity index (χ2v) is 15.7. The smallest absolute Gasteiger partial charge is 0.160 e. The molecule has 9 aromatic carbocycles. The molecule has 0 aliphatic heterocycles. The molecule has 0 N–H and O–H groups in total. The predicted molar refractivity (Wildman–Crippen MR) is 246 cm³/mol. The number of hydrogen-bond donors (Lipinski definition) is 0. The highest BCUT2D eigenvalue weighted by atomic mass is 16.3. The van der Waals surface area contributed by atoms with Crippen molar-refractivity contribution in [3.05, 3.63) is 241 Å². The van der Waals surface area contributed by atoms with E-state index in [4.69, 9.17) is 14.4 Å². The van der Waals surface area contributed by atoms with E-state index in [-0.39, 0.29) is 0 Å². The van der Waals surface area contributed by atoms with E-state index in [9.17, 15) is 0 Å². The van der Waals surface area contributed by atoms with Crippen molar-refractivity contribution < 1.29 is 4.42 Å². The van der Waals surface area contributed by atoms with Gasteiger partial charge in [-0.25, -0.2) is 9.97 Å².